The number of benzene rings is 2. The minimum absolute atomic E-state index is 0.0532. The van der Waals surface area contributed by atoms with E-state index in [0.29, 0.717) is 6.54 Å². The van der Waals surface area contributed by atoms with Crippen molar-refractivity contribution >= 4 is 0 Å². The zero-order chi connectivity index (χ0) is 12.4. The minimum atomic E-state index is 0.0532. The van der Waals surface area contributed by atoms with Gasteiger partial charge < -0.3 is 10.5 Å². The van der Waals surface area contributed by atoms with E-state index in [-0.39, 0.29) is 6.10 Å². The van der Waals surface area contributed by atoms with E-state index < -0.39 is 0 Å². The summed E-state index contributed by atoms with van der Waals surface area (Å²) in [5.74, 6) is 0. The molecule has 0 saturated carbocycles. The minimum Gasteiger partial charge on any atom is -0.372 e. The average molecular weight is 239 g/mol. The Morgan fingerprint density at radius 2 is 1.89 bits per heavy atom. The van der Waals surface area contributed by atoms with Crippen molar-refractivity contribution in [3.63, 3.8) is 0 Å². The maximum Gasteiger partial charge on any atom is 0.0950 e. The van der Waals surface area contributed by atoms with E-state index in [9.17, 15) is 0 Å². The summed E-state index contributed by atoms with van der Waals surface area (Å²) in [5.41, 5.74) is 11.0. The van der Waals surface area contributed by atoms with Crippen LogP contribution in [-0.4, -0.2) is 13.2 Å². The molecule has 0 amide bonds. The molecule has 2 N–H and O–H groups in total. The molecule has 1 heterocycles. The number of hydrogen-bond donors (Lipinski definition) is 1. The van der Waals surface area contributed by atoms with Crippen LogP contribution in [0.5, 0.6) is 0 Å². The summed E-state index contributed by atoms with van der Waals surface area (Å²) in [6.45, 7) is 1.31. The van der Waals surface area contributed by atoms with Gasteiger partial charge in [0.2, 0.25) is 0 Å². The van der Waals surface area contributed by atoms with E-state index in [1.54, 1.807) is 0 Å². The quantitative estimate of drug-likeness (QED) is 0.874. The predicted octanol–water partition coefficient (Wildman–Crippen LogP) is 2.93. The van der Waals surface area contributed by atoms with Gasteiger partial charge >= 0.3 is 0 Å². The molecule has 2 heteroatoms. The van der Waals surface area contributed by atoms with Crippen LogP contribution in [0.15, 0.2) is 48.5 Å². The summed E-state index contributed by atoms with van der Waals surface area (Å²) >= 11 is 0. The third-order valence-corrected chi connectivity index (χ3v) is 3.53. The third-order valence-electron chi connectivity index (χ3n) is 3.53. The highest BCUT2D eigenvalue weighted by molar-refractivity contribution is 5.69. The van der Waals surface area contributed by atoms with E-state index in [1.807, 2.05) is 6.07 Å². The molecule has 1 aliphatic heterocycles. The first kappa shape index (κ1) is 11.5. The van der Waals surface area contributed by atoms with Crippen molar-refractivity contribution in [1.29, 1.82) is 0 Å². The lowest BCUT2D eigenvalue weighted by atomic mass is 9.89. The molecule has 2 nitrogen and oxygen atoms in total. The molecule has 18 heavy (non-hydrogen) atoms. The van der Waals surface area contributed by atoms with E-state index >= 15 is 0 Å². The van der Waals surface area contributed by atoms with Crippen molar-refractivity contribution in [2.75, 3.05) is 13.2 Å². The first-order valence-corrected chi connectivity index (χ1v) is 6.39. The van der Waals surface area contributed by atoms with Crippen molar-refractivity contribution in [2.45, 2.75) is 12.5 Å². The largest absolute Gasteiger partial charge is 0.372 e. The molecule has 1 atom stereocenters. The first-order valence-electron chi connectivity index (χ1n) is 6.39. The van der Waals surface area contributed by atoms with Crippen molar-refractivity contribution in [3.05, 3.63) is 59.7 Å². The second-order valence-corrected chi connectivity index (χ2v) is 4.58. The average Bonchev–Trinajstić information content (AvgIpc) is 2.47. The fraction of sp³-hybridized carbons (Fsp3) is 0.250. The lowest BCUT2D eigenvalue weighted by Gasteiger charge is -2.27. The van der Waals surface area contributed by atoms with Gasteiger partial charge in [-0.2, -0.15) is 0 Å². The van der Waals surface area contributed by atoms with Crippen LogP contribution in [0.25, 0.3) is 11.1 Å². The molecule has 0 saturated heterocycles. The van der Waals surface area contributed by atoms with Crippen molar-refractivity contribution < 1.29 is 4.74 Å². The monoisotopic (exact) mass is 239 g/mol. The van der Waals surface area contributed by atoms with Crippen LogP contribution in [0.4, 0.5) is 0 Å². The van der Waals surface area contributed by atoms with Crippen LogP contribution < -0.4 is 5.73 Å². The number of hydrogen-bond acceptors (Lipinski definition) is 2. The standard InChI is InChI=1S/C16H17NO/c17-11-16-15-8-4-7-13(14(15)9-10-18-16)12-5-2-1-3-6-12/h1-8,16H,9-11,17H2/t16-/m1/s1. The van der Waals surface area contributed by atoms with Gasteiger partial charge in [0.25, 0.3) is 0 Å². The van der Waals surface area contributed by atoms with Crippen LogP contribution >= 0.6 is 0 Å². The van der Waals surface area contributed by atoms with Gasteiger partial charge in [0, 0.05) is 6.54 Å². The maximum absolute atomic E-state index is 5.78. The Balaban J connectivity index is 2.12. The fourth-order valence-electron chi connectivity index (χ4n) is 2.66. The van der Waals surface area contributed by atoms with Gasteiger partial charge in [0.15, 0.2) is 0 Å². The fourth-order valence-corrected chi connectivity index (χ4v) is 2.66. The van der Waals surface area contributed by atoms with E-state index in [0.717, 1.165) is 13.0 Å². The van der Waals surface area contributed by atoms with Crippen LogP contribution in [0.3, 0.4) is 0 Å². The van der Waals surface area contributed by atoms with Gasteiger partial charge in [0.1, 0.15) is 0 Å². The second kappa shape index (κ2) is 4.92. The Morgan fingerprint density at radius 3 is 2.67 bits per heavy atom. The molecule has 0 fully saturated rings. The summed E-state index contributed by atoms with van der Waals surface area (Å²) in [4.78, 5) is 0. The molecular weight excluding hydrogens is 222 g/mol. The molecule has 0 unspecified atom stereocenters. The second-order valence-electron chi connectivity index (χ2n) is 4.58. The van der Waals surface area contributed by atoms with Crippen LogP contribution in [0.2, 0.25) is 0 Å². The van der Waals surface area contributed by atoms with E-state index in [2.05, 4.69) is 42.5 Å². The molecule has 2 aromatic carbocycles. The first-order chi connectivity index (χ1) is 8.90. The Kier molecular flexibility index (Phi) is 3.13. The highest BCUT2D eigenvalue weighted by Gasteiger charge is 2.21. The normalized spacial score (nSPS) is 18.4. The van der Waals surface area contributed by atoms with Gasteiger partial charge in [0.05, 0.1) is 12.7 Å². The van der Waals surface area contributed by atoms with Gasteiger partial charge in [-0.05, 0) is 28.7 Å². The molecule has 2 aromatic rings. The van der Waals surface area contributed by atoms with Gasteiger partial charge in [-0.1, -0.05) is 48.5 Å². The molecule has 0 aliphatic carbocycles. The van der Waals surface area contributed by atoms with Crippen LogP contribution in [0.1, 0.15) is 17.2 Å². The smallest absolute Gasteiger partial charge is 0.0950 e. The molecule has 1 aliphatic rings. The Bertz CT molecular complexity index is 536. The lowest BCUT2D eigenvalue weighted by molar-refractivity contribution is 0.0486. The predicted molar refractivity (Wildman–Crippen MR) is 73.3 cm³/mol. The zero-order valence-electron chi connectivity index (χ0n) is 10.3. The van der Waals surface area contributed by atoms with Gasteiger partial charge in [-0.25, -0.2) is 0 Å². The number of fused-ring (bicyclic) bond motifs is 1. The molecule has 0 radical (unpaired) electrons. The van der Waals surface area contributed by atoms with E-state index in [4.69, 9.17) is 10.5 Å². The Hall–Kier alpha value is -1.64. The van der Waals surface area contributed by atoms with Gasteiger partial charge in [-0.15, -0.1) is 0 Å². The van der Waals surface area contributed by atoms with Crippen LogP contribution in [0, 0.1) is 0 Å². The summed E-state index contributed by atoms with van der Waals surface area (Å²) in [7, 11) is 0. The van der Waals surface area contributed by atoms with E-state index in [1.165, 1.54) is 22.3 Å². The summed E-state index contributed by atoms with van der Waals surface area (Å²) in [6, 6.07) is 16.9. The van der Waals surface area contributed by atoms with Gasteiger partial charge in [-0.3, -0.25) is 0 Å². The molecule has 3 rings (SSSR count). The Morgan fingerprint density at radius 1 is 1.06 bits per heavy atom. The number of ether oxygens (including phenoxy) is 1. The van der Waals surface area contributed by atoms with Crippen molar-refractivity contribution in [1.82, 2.24) is 0 Å². The Labute approximate surface area is 107 Å². The molecular formula is C16H17NO. The molecule has 92 valence electrons. The van der Waals surface area contributed by atoms with Crippen LogP contribution in [-0.2, 0) is 11.2 Å². The summed E-state index contributed by atoms with van der Waals surface area (Å²) in [6.07, 6.45) is 1.02. The number of nitrogens with two attached hydrogens (primary N) is 1. The highest BCUT2D eigenvalue weighted by atomic mass is 16.5. The molecule has 0 spiro atoms. The lowest BCUT2D eigenvalue weighted by Crippen LogP contribution is -2.23. The van der Waals surface area contributed by atoms with Crippen molar-refractivity contribution in [2.24, 2.45) is 5.73 Å². The molecule has 0 aromatic heterocycles. The third kappa shape index (κ3) is 1.94. The zero-order valence-corrected chi connectivity index (χ0v) is 10.3. The van der Waals surface area contributed by atoms with Crippen molar-refractivity contribution in [3.8, 4) is 11.1 Å². The topological polar surface area (TPSA) is 35.2 Å². The highest BCUT2D eigenvalue weighted by Crippen LogP contribution is 2.33. The molecule has 0 bridgehead atoms. The summed E-state index contributed by atoms with van der Waals surface area (Å²) in [5, 5.41) is 0. The SMILES string of the molecule is NC[C@H]1OCCc2c(-c3ccccc3)cccc21. The maximum atomic E-state index is 5.78. The number of rotatable bonds is 2. The summed E-state index contributed by atoms with van der Waals surface area (Å²) < 4.78 is 5.72.